The second kappa shape index (κ2) is 7.40. The lowest BCUT2D eigenvalue weighted by Crippen LogP contribution is -2.23. The van der Waals surface area contributed by atoms with Crippen molar-refractivity contribution in [3.63, 3.8) is 0 Å². The van der Waals surface area contributed by atoms with Gasteiger partial charge in [0.1, 0.15) is 5.82 Å². The van der Waals surface area contributed by atoms with E-state index in [1.165, 1.54) is 5.56 Å². The van der Waals surface area contributed by atoms with Gasteiger partial charge in [-0.3, -0.25) is 0 Å². The fraction of sp³-hybridized carbons (Fsp3) is 0.316. The Morgan fingerprint density at radius 2 is 1.83 bits per heavy atom. The number of aromatic nitrogens is 2. The molecule has 2 aromatic carbocycles. The van der Waals surface area contributed by atoms with Crippen LogP contribution in [0.1, 0.15) is 30.3 Å². The Bertz CT molecular complexity index is 752. The monoisotopic (exact) mass is 309 g/mol. The first-order valence-corrected chi connectivity index (χ1v) is 8.09. The van der Waals surface area contributed by atoms with Crippen LogP contribution in [0.2, 0.25) is 0 Å². The van der Waals surface area contributed by atoms with E-state index >= 15 is 0 Å². The Morgan fingerprint density at radius 1 is 1.09 bits per heavy atom. The normalized spacial score (nSPS) is 12.6. The van der Waals surface area contributed by atoms with Crippen LogP contribution >= 0.6 is 0 Å². The molecule has 1 atom stereocenters. The molecule has 0 spiro atoms. The van der Waals surface area contributed by atoms with Crippen molar-refractivity contribution in [2.45, 2.75) is 25.4 Å². The smallest absolute Gasteiger partial charge is 0.123 e. The molecule has 1 unspecified atom stereocenters. The van der Waals surface area contributed by atoms with Crippen LogP contribution < -0.4 is 5.32 Å². The molecule has 2 N–H and O–H groups in total. The average molecular weight is 309 g/mol. The summed E-state index contributed by atoms with van der Waals surface area (Å²) in [5.41, 5.74) is 3.43. The van der Waals surface area contributed by atoms with Gasteiger partial charge in [0.2, 0.25) is 0 Å². The van der Waals surface area contributed by atoms with Crippen molar-refractivity contribution in [2.24, 2.45) is 7.05 Å². The molecule has 4 nitrogen and oxygen atoms in total. The van der Waals surface area contributed by atoms with Crippen LogP contribution in [-0.4, -0.2) is 21.3 Å². The van der Waals surface area contributed by atoms with E-state index in [9.17, 15) is 0 Å². The van der Waals surface area contributed by atoms with Crippen molar-refractivity contribution in [1.82, 2.24) is 14.9 Å². The zero-order valence-corrected chi connectivity index (χ0v) is 13.4. The van der Waals surface area contributed by atoms with Crippen LogP contribution in [0.5, 0.6) is 0 Å². The number of aryl methyl sites for hydroxylation is 1. The minimum absolute atomic E-state index is 0.220. The minimum Gasteiger partial charge on any atom is -0.396 e. The van der Waals surface area contributed by atoms with E-state index < -0.39 is 0 Å². The summed E-state index contributed by atoms with van der Waals surface area (Å²) < 4.78 is 2.14. The zero-order chi connectivity index (χ0) is 16.1. The number of aliphatic hydroxyl groups is 1. The molecule has 23 heavy (non-hydrogen) atoms. The first kappa shape index (κ1) is 15.7. The minimum atomic E-state index is 0.220. The molecule has 0 aliphatic rings. The predicted octanol–water partition coefficient (Wildman–Crippen LogP) is 3.18. The molecular weight excluding hydrogens is 286 g/mol. The van der Waals surface area contributed by atoms with E-state index in [0.29, 0.717) is 6.54 Å². The summed E-state index contributed by atoms with van der Waals surface area (Å²) in [6.07, 6.45) is 1.69. The molecule has 0 saturated carbocycles. The molecule has 1 heterocycles. The third-order valence-electron chi connectivity index (χ3n) is 4.24. The highest BCUT2D eigenvalue weighted by molar-refractivity contribution is 5.75. The molecule has 0 radical (unpaired) electrons. The van der Waals surface area contributed by atoms with E-state index in [4.69, 9.17) is 10.1 Å². The van der Waals surface area contributed by atoms with E-state index in [1.807, 2.05) is 24.3 Å². The largest absolute Gasteiger partial charge is 0.396 e. The van der Waals surface area contributed by atoms with Crippen molar-refractivity contribution in [2.75, 3.05) is 6.61 Å². The van der Waals surface area contributed by atoms with Crippen molar-refractivity contribution >= 4 is 11.0 Å². The lowest BCUT2D eigenvalue weighted by Gasteiger charge is -2.19. The number of para-hydroxylation sites is 2. The van der Waals surface area contributed by atoms with Crippen LogP contribution in [-0.2, 0) is 13.6 Å². The Kier molecular flexibility index (Phi) is 5.05. The first-order valence-electron chi connectivity index (χ1n) is 8.09. The van der Waals surface area contributed by atoms with Gasteiger partial charge in [0, 0.05) is 19.7 Å². The van der Waals surface area contributed by atoms with Gasteiger partial charge in [0.05, 0.1) is 17.6 Å². The molecule has 120 valence electrons. The average Bonchev–Trinajstić information content (AvgIpc) is 2.92. The topological polar surface area (TPSA) is 50.1 Å². The SMILES string of the molecule is Cn1c(CNC(CCCO)c2ccccc2)nc2ccccc21. The number of imidazole rings is 1. The highest BCUT2D eigenvalue weighted by Gasteiger charge is 2.13. The maximum Gasteiger partial charge on any atom is 0.123 e. The number of nitrogens with zero attached hydrogens (tertiary/aromatic N) is 2. The zero-order valence-electron chi connectivity index (χ0n) is 13.4. The number of benzene rings is 2. The number of hydrogen-bond donors (Lipinski definition) is 2. The molecule has 3 aromatic rings. The van der Waals surface area contributed by atoms with Gasteiger partial charge in [-0.1, -0.05) is 42.5 Å². The molecule has 1 aromatic heterocycles. The third-order valence-corrected chi connectivity index (χ3v) is 4.24. The van der Waals surface area contributed by atoms with Crippen molar-refractivity contribution in [3.05, 3.63) is 66.0 Å². The Balaban J connectivity index is 1.76. The van der Waals surface area contributed by atoms with Crippen LogP contribution in [0, 0.1) is 0 Å². The van der Waals surface area contributed by atoms with Gasteiger partial charge in [0.15, 0.2) is 0 Å². The maximum absolute atomic E-state index is 9.14. The van der Waals surface area contributed by atoms with E-state index in [0.717, 1.165) is 29.7 Å². The Morgan fingerprint density at radius 3 is 2.57 bits per heavy atom. The predicted molar refractivity (Wildman–Crippen MR) is 93.1 cm³/mol. The summed E-state index contributed by atoms with van der Waals surface area (Å²) in [5, 5.41) is 12.7. The van der Waals surface area contributed by atoms with Crippen LogP contribution in [0.3, 0.4) is 0 Å². The Hall–Kier alpha value is -2.17. The summed E-state index contributed by atoms with van der Waals surface area (Å²) in [6, 6.07) is 18.8. The van der Waals surface area contributed by atoms with Crippen molar-refractivity contribution < 1.29 is 5.11 Å². The van der Waals surface area contributed by atoms with Gasteiger partial charge < -0.3 is 15.0 Å². The molecule has 0 amide bonds. The summed E-state index contributed by atoms with van der Waals surface area (Å²) in [7, 11) is 2.05. The van der Waals surface area contributed by atoms with Gasteiger partial charge in [-0.25, -0.2) is 4.98 Å². The first-order chi connectivity index (χ1) is 11.3. The van der Waals surface area contributed by atoms with Crippen LogP contribution in [0.25, 0.3) is 11.0 Å². The second-order valence-electron chi connectivity index (χ2n) is 5.79. The Labute approximate surface area is 136 Å². The quantitative estimate of drug-likeness (QED) is 0.705. The van der Waals surface area contributed by atoms with E-state index in [1.54, 1.807) is 0 Å². The lowest BCUT2D eigenvalue weighted by atomic mass is 10.0. The molecular formula is C19H23N3O. The molecule has 0 saturated heterocycles. The number of hydrogen-bond acceptors (Lipinski definition) is 3. The summed E-state index contributed by atoms with van der Waals surface area (Å²) in [4.78, 5) is 4.71. The van der Waals surface area contributed by atoms with Gasteiger partial charge in [0.25, 0.3) is 0 Å². The number of aliphatic hydroxyl groups excluding tert-OH is 1. The van der Waals surface area contributed by atoms with Crippen LogP contribution in [0.15, 0.2) is 54.6 Å². The van der Waals surface area contributed by atoms with Gasteiger partial charge >= 0.3 is 0 Å². The molecule has 0 fully saturated rings. The standard InChI is InChI=1S/C19H23N3O/c1-22-18-12-6-5-10-17(18)21-19(22)14-20-16(11-7-13-23)15-8-3-2-4-9-15/h2-6,8-10,12,16,20,23H,7,11,13-14H2,1H3. The van der Waals surface area contributed by atoms with Crippen LogP contribution in [0.4, 0.5) is 0 Å². The lowest BCUT2D eigenvalue weighted by molar-refractivity contribution is 0.274. The van der Waals surface area contributed by atoms with Crippen molar-refractivity contribution in [3.8, 4) is 0 Å². The van der Waals surface area contributed by atoms with E-state index in [-0.39, 0.29) is 12.6 Å². The van der Waals surface area contributed by atoms with E-state index in [2.05, 4.69) is 47.3 Å². The molecule has 0 aliphatic heterocycles. The summed E-state index contributed by atoms with van der Waals surface area (Å²) in [5.74, 6) is 1.02. The van der Waals surface area contributed by atoms with Crippen molar-refractivity contribution in [1.29, 1.82) is 0 Å². The fourth-order valence-electron chi connectivity index (χ4n) is 2.94. The number of rotatable bonds is 7. The summed E-state index contributed by atoms with van der Waals surface area (Å²) in [6.45, 7) is 0.924. The molecule has 4 heteroatoms. The highest BCUT2D eigenvalue weighted by Crippen LogP contribution is 2.20. The summed E-state index contributed by atoms with van der Waals surface area (Å²) >= 11 is 0. The third kappa shape index (κ3) is 3.60. The molecule has 3 rings (SSSR count). The fourth-order valence-corrected chi connectivity index (χ4v) is 2.94. The molecule has 0 bridgehead atoms. The second-order valence-corrected chi connectivity index (χ2v) is 5.79. The highest BCUT2D eigenvalue weighted by atomic mass is 16.2. The number of nitrogens with one attached hydrogen (secondary N) is 1. The maximum atomic E-state index is 9.14. The van der Waals surface area contributed by atoms with Gasteiger partial charge in [-0.05, 0) is 30.5 Å². The molecule has 0 aliphatic carbocycles. The van der Waals surface area contributed by atoms with Gasteiger partial charge in [-0.2, -0.15) is 0 Å². The number of fused-ring (bicyclic) bond motifs is 1. The van der Waals surface area contributed by atoms with Gasteiger partial charge in [-0.15, -0.1) is 0 Å².